The van der Waals surface area contributed by atoms with Crippen LogP contribution in [0.3, 0.4) is 0 Å². The van der Waals surface area contributed by atoms with E-state index in [1.807, 2.05) is 0 Å². The first-order valence-electron chi connectivity index (χ1n) is 4.56. The summed E-state index contributed by atoms with van der Waals surface area (Å²) in [6.07, 6.45) is 0. The van der Waals surface area contributed by atoms with Crippen LogP contribution in [0.2, 0.25) is 0 Å². The van der Waals surface area contributed by atoms with Gasteiger partial charge in [-0.1, -0.05) is 12.1 Å². The van der Waals surface area contributed by atoms with Crippen molar-refractivity contribution in [2.75, 3.05) is 0 Å². The van der Waals surface area contributed by atoms with Crippen LogP contribution in [0.25, 0.3) is 11.1 Å². The highest BCUT2D eigenvalue weighted by atomic mass is 19.1. The summed E-state index contributed by atoms with van der Waals surface area (Å²) in [4.78, 5) is 0. The lowest BCUT2D eigenvalue weighted by Crippen LogP contribution is -1.88. The molecule has 0 aliphatic heterocycles. The fourth-order valence-electron chi connectivity index (χ4n) is 1.45. The number of halogens is 2. The molecule has 0 aliphatic rings. The summed E-state index contributed by atoms with van der Waals surface area (Å²) in [7, 11) is 0. The molecule has 16 heavy (non-hydrogen) atoms. The van der Waals surface area contributed by atoms with Crippen LogP contribution in [0.1, 0.15) is 0 Å². The molecule has 0 bridgehead atoms. The number of aromatic hydroxyl groups is 2. The molecule has 0 aliphatic carbocycles. The van der Waals surface area contributed by atoms with E-state index in [0.29, 0.717) is 0 Å². The van der Waals surface area contributed by atoms with Crippen molar-refractivity contribution in [3.05, 3.63) is 48.0 Å². The third-order valence-corrected chi connectivity index (χ3v) is 2.22. The first kappa shape index (κ1) is 10.4. The third-order valence-electron chi connectivity index (χ3n) is 2.22. The fourth-order valence-corrected chi connectivity index (χ4v) is 1.45. The van der Waals surface area contributed by atoms with Gasteiger partial charge in [0.2, 0.25) is 0 Å². The molecule has 0 saturated heterocycles. The quantitative estimate of drug-likeness (QED) is 0.778. The number of hydrogen-bond acceptors (Lipinski definition) is 2. The molecular formula is C12H8F2O2. The van der Waals surface area contributed by atoms with Crippen LogP contribution in [0.15, 0.2) is 36.4 Å². The van der Waals surface area contributed by atoms with E-state index in [9.17, 15) is 8.78 Å². The minimum absolute atomic E-state index is 0.00815. The fraction of sp³-hybridized carbons (Fsp3) is 0. The van der Waals surface area contributed by atoms with Crippen LogP contribution in [0.5, 0.6) is 11.5 Å². The Morgan fingerprint density at radius 1 is 0.875 bits per heavy atom. The second-order valence-corrected chi connectivity index (χ2v) is 3.30. The van der Waals surface area contributed by atoms with Crippen LogP contribution >= 0.6 is 0 Å². The van der Waals surface area contributed by atoms with Crippen LogP contribution in [-0.4, -0.2) is 10.2 Å². The number of hydrogen-bond donors (Lipinski definition) is 2. The first-order chi connectivity index (χ1) is 7.59. The van der Waals surface area contributed by atoms with Crippen molar-refractivity contribution in [1.82, 2.24) is 0 Å². The molecule has 0 aromatic heterocycles. The lowest BCUT2D eigenvalue weighted by molar-refractivity contribution is 0.433. The Balaban J connectivity index is 2.63. The van der Waals surface area contributed by atoms with Crippen molar-refractivity contribution >= 4 is 0 Å². The van der Waals surface area contributed by atoms with Crippen molar-refractivity contribution in [2.24, 2.45) is 0 Å². The Hall–Kier alpha value is -2.10. The number of rotatable bonds is 1. The monoisotopic (exact) mass is 222 g/mol. The molecule has 0 spiro atoms. The van der Waals surface area contributed by atoms with Crippen molar-refractivity contribution < 1.29 is 19.0 Å². The molecule has 82 valence electrons. The summed E-state index contributed by atoms with van der Waals surface area (Å²) in [6, 6.07) is 7.34. The summed E-state index contributed by atoms with van der Waals surface area (Å²) in [5.74, 6) is -2.40. The second kappa shape index (κ2) is 3.81. The lowest BCUT2D eigenvalue weighted by atomic mass is 10.0. The van der Waals surface area contributed by atoms with Gasteiger partial charge in [0.05, 0.1) is 0 Å². The molecule has 0 fully saturated rings. The highest BCUT2D eigenvalue weighted by molar-refractivity contribution is 5.67. The maximum absolute atomic E-state index is 13.5. The van der Waals surface area contributed by atoms with E-state index in [4.69, 9.17) is 10.2 Å². The van der Waals surface area contributed by atoms with E-state index in [2.05, 4.69) is 0 Å². The highest BCUT2D eigenvalue weighted by Crippen LogP contribution is 2.31. The molecule has 2 N–H and O–H groups in total. The average Bonchev–Trinajstić information content (AvgIpc) is 2.23. The molecule has 0 radical (unpaired) electrons. The largest absolute Gasteiger partial charge is 0.508 e. The van der Waals surface area contributed by atoms with E-state index in [-0.39, 0.29) is 16.9 Å². The Labute approximate surface area is 90.4 Å². The van der Waals surface area contributed by atoms with Crippen molar-refractivity contribution in [2.45, 2.75) is 0 Å². The predicted molar refractivity (Wildman–Crippen MR) is 55.1 cm³/mol. The van der Waals surface area contributed by atoms with Crippen LogP contribution in [0, 0.1) is 11.6 Å². The van der Waals surface area contributed by atoms with Gasteiger partial charge in [0.25, 0.3) is 0 Å². The Bertz CT molecular complexity index is 539. The molecule has 0 amide bonds. The van der Waals surface area contributed by atoms with Crippen LogP contribution < -0.4 is 0 Å². The molecule has 2 aromatic carbocycles. The van der Waals surface area contributed by atoms with Gasteiger partial charge in [0.15, 0.2) is 11.6 Å². The number of phenols is 2. The molecule has 2 aromatic rings. The van der Waals surface area contributed by atoms with Crippen molar-refractivity contribution in [3.8, 4) is 22.6 Å². The summed E-state index contributed by atoms with van der Waals surface area (Å²) in [6.45, 7) is 0. The smallest absolute Gasteiger partial charge is 0.172 e. The van der Waals surface area contributed by atoms with Crippen LogP contribution in [0.4, 0.5) is 8.78 Å². The van der Waals surface area contributed by atoms with Gasteiger partial charge in [-0.05, 0) is 18.2 Å². The van der Waals surface area contributed by atoms with Gasteiger partial charge in [-0.2, -0.15) is 0 Å². The van der Waals surface area contributed by atoms with E-state index in [1.165, 1.54) is 30.3 Å². The zero-order chi connectivity index (χ0) is 11.7. The van der Waals surface area contributed by atoms with Crippen LogP contribution in [-0.2, 0) is 0 Å². The Morgan fingerprint density at radius 3 is 2.31 bits per heavy atom. The summed E-state index contributed by atoms with van der Waals surface area (Å²) < 4.78 is 26.9. The van der Waals surface area contributed by atoms with Gasteiger partial charge in [-0.25, -0.2) is 8.78 Å². The summed E-state index contributed by atoms with van der Waals surface area (Å²) in [5.41, 5.74) is -0.0521. The van der Waals surface area contributed by atoms with Gasteiger partial charge in [0.1, 0.15) is 11.6 Å². The van der Waals surface area contributed by atoms with E-state index >= 15 is 0 Å². The standard InChI is InChI=1S/C12H8F2O2/c13-10-6-7(15)4-5-8(10)9-2-1-3-11(16)12(9)14/h1-6,15-16H. The van der Waals surface area contributed by atoms with E-state index < -0.39 is 17.4 Å². The Kier molecular flexibility index (Phi) is 2.48. The molecule has 0 unspecified atom stereocenters. The minimum atomic E-state index is -0.882. The SMILES string of the molecule is Oc1ccc(-c2cccc(O)c2F)c(F)c1. The van der Waals surface area contributed by atoms with E-state index in [1.54, 1.807) is 0 Å². The molecule has 0 atom stereocenters. The molecule has 2 nitrogen and oxygen atoms in total. The normalized spacial score (nSPS) is 10.4. The average molecular weight is 222 g/mol. The van der Waals surface area contributed by atoms with Gasteiger partial charge in [0, 0.05) is 17.2 Å². The minimum Gasteiger partial charge on any atom is -0.508 e. The van der Waals surface area contributed by atoms with E-state index in [0.717, 1.165) is 6.07 Å². The molecular weight excluding hydrogens is 214 g/mol. The number of phenolic OH excluding ortho intramolecular Hbond substituents is 2. The predicted octanol–water partition coefficient (Wildman–Crippen LogP) is 3.04. The zero-order valence-electron chi connectivity index (χ0n) is 8.11. The van der Waals surface area contributed by atoms with Gasteiger partial charge in [-0.15, -0.1) is 0 Å². The number of benzene rings is 2. The van der Waals surface area contributed by atoms with Crippen molar-refractivity contribution in [3.63, 3.8) is 0 Å². The third kappa shape index (κ3) is 1.69. The highest BCUT2D eigenvalue weighted by Gasteiger charge is 2.12. The maximum atomic E-state index is 13.5. The lowest BCUT2D eigenvalue weighted by Gasteiger charge is -2.06. The molecule has 2 rings (SSSR count). The zero-order valence-corrected chi connectivity index (χ0v) is 8.11. The van der Waals surface area contributed by atoms with Gasteiger partial charge in [-0.3, -0.25) is 0 Å². The molecule has 0 saturated carbocycles. The molecule has 0 heterocycles. The Morgan fingerprint density at radius 2 is 1.62 bits per heavy atom. The van der Waals surface area contributed by atoms with Crippen molar-refractivity contribution in [1.29, 1.82) is 0 Å². The topological polar surface area (TPSA) is 40.5 Å². The summed E-state index contributed by atoms with van der Waals surface area (Å²) >= 11 is 0. The van der Waals surface area contributed by atoms with Gasteiger partial charge >= 0.3 is 0 Å². The molecule has 4 heteroatoms. The summed E-state index contributed by atoms with van der Waals surface area (Å²) in [5, 5.41) is 18.2. The van der Waals surface area contributed by atoms with Gasteiger partial charge < -0.3 is 10.2 Å². The first-order valence-corrected chi connectivity index (χ1v) is 4.56. The second-order valence-electron chi connectivity index (χ2n) is 3.30. The maximum Gasteiger partial charge on any atom is 0.172 e.